The summed E-state index contributed by atoms with van der Waals surface area (Å²) < 4.78 is 7.58. The molecule has 0 fully saturated rings. The predicted molar refractivity (Wildman–Crippen MR) is 74.8 cm³/mol. The van der Waals surface area contributed by atoms with Crippen LogP contribution in [0.1, 0.15) is 53.0 Å². The number of unbranched alkanes of at least 4 members (excludes halogenated alkanes) is 1. The van der Waals surface area contributed by atoms with Crippen LogP contribution in [-0.2, 0) is 0 Å². The lowest BCUT2D eigenvalue weighted by atomic mass is 9.87. The van der Waals surface area contributed by atoms with Crippen LogP contribution in [0, 0.1) is 5.41 Å². The van der Waals surface area contributed by atoms with Crippen molar-refractivity contribution in [2.24, 2.45) is 11.1 Å². The standard InChI is InChI=1S/C14H27N3O/c1-12(2)17-10-13(9-16-17)18-8-6-5-7-14(3,4)11-15/h9-10,12H,5-8,11,15H2,1-4H3. The van der Waals surface area contributed by atoms with Crippen LogP contribution in [0.15, 0.2) is 12.4 Å². The minimum atomic E-state index is 0.253. The molecule has 0 unspecified atom stereocenters. The Morgan fingerprint density at radius 3 is 2.67 bits per heavy atom. The van der Waals surface area contributed by atoms with Crippen molar-refractivity contribution < 1.29 is 4.74 Å². The smallest absolute Gasteiger partial charge is 0.157 e. The first-order chi connectivity index (χ1) is 8.44. The Morgan fingerprint density at radius 2 is 2.11 bits per heavy atom. The van der Waals surface area contributed by atoms with Gasteiger partial charge in [0.15, 0.2) is 5.75 Å². The first-order valence-corrected chi connectivity index (χ1v) is 6.81. The topological polar surface area (TPSA) is 53.1 Å². The molecule has 1 aromatic heterocycles. The quantitative estimate of drug-likeness (QED) is 0.725. The Hall–Kier alpha value is -1.03. The van der Waals surface area contributed by atoms with Crippen LogP contribution in [0.3, 0.4) is 0 Å². The first kappa shape index (κ1) is 15.0. The Labute approximate surface area is 111 Å². The van der Waals surface area contributed by atoms with Gasteiger partial charge >= 0.3 is 0 Å². The molecule has 0 aromatic carbocycles. The molecular weight excluding hydrogens is 226 g/mol. The molecule has 0 aliphatic carbocycles. The van der Waals surface area contributed by atoms with E-state index >= 15 is 0 Å². The maximum atomic E-state index is 5.70. The molecule has 0 aliphatic rings. The van der Waals surface area contributed by atoms with Crippen LogP contribution in [0.5, 0.6) is 5.75 Å². The van der Waals surface area contributed by atoms with Crippen molar-refractivity contribution in [3.63, 3.8) is 0 Å². The minimum absolute atomic E-state index is 0.253. The summed E-state index contributed by atoms with van der Waals surface area (Å²) in [7, 11) is 0. The van der Waals surface area contributed by atoms with Gasteiger partial charge in [-0.25, -0.2) is 0 Å². The van der Waals surface area contributed by atoms with E-state index in [1.54, 1.807) is 6.20 Å². The van der Waals surface area contributed by atoms with Gasteiger partial charge in [0.1, 0.15) is 0 Å². The maximum absolute atomic E-state index is 5.70. The molecule has 104 valence electrons. The fourth-order valence-corrected chi connectivity index (χ4v) is 1.68. The molecular formula is C14H27N3O. The average Bonchev–Trinajstić information content (AvgIpc) is 2.77. The first-order valence-electron chi connectivity index (χ1n) is 6.81. The fraction of sp³-hybridized carbons (Fsp3) is 0.786. The van der Waals surface area contributed by atoms with Crippen molar-refractivity contribution in [2.45, 2.75) is 53.0 Å². The summed E-state index contributed by atoms with van der Waals surface area (Å²) in [5.74, 6) is 0.863. The Morgan fingerprint density at radius 1 is 1.39 bits per heavy atom. The molecule has 0 spiro atoms. The van der Waals surface area contributed by atoms with E-state index in [-0.39, 0.29) is 5.41 Å². The lowest BCUT2D eigenvalue weighted by molar-refractivity contribution is 0.278. The van der Waals surface area contributed by atoms with E-state index in [0.717, 1.165) is 38.2 Å². The van der Waals surface area contributed by atoms with Gasteiger partial charge in [-0.3, -0.25) is 4.68 Å². The SMILES string of the molecule is CC(C)n1cc(OCCCCC(C)(C)CN)cn1. The van der Waals surface area contributed by atoms with E-state index < -0.39 is 0 Å². The number of nitrogens with zero attached hydrogens (tertiary/aromatic N) is 2. The summed E-state index contributed by atoms with van der Waals surface area (Å²) >= 11 is 0. The summed E-state index contributed by atoms with van der Waals surface area (Å²) in [6.45, 7) is 10.1. The summed E-state index contributed by atoms with van der Waals surface area (Å²) in [4.78, 5) is 0. The lowest BCUT2D eigenvalue weighted by Crippen LogP contribution is -2.23. The fourth-order valence-electron chi connectivity index (χ4n) is 1.68. The normalized spacial score (nSPS) is 12.1. The van der Waals surface area contributed by atoms with Crippen molar-refractivity contribution >= 4 is 0 Å². The second-order valence-electron chi connectivity index (χ2n) is 5.92. The number of hydrogen-bond acceptors (Lipinski definition) is 3. The van der Waals surface area contributed by atoms with Gasteiger partial charge < -0.3 is 10.5 Å². The minimum Gasteiger partial charge on any atom is -0.490 e. The highest BCUT2D eigenvalue weighted by Crippen LogP contribution is 2.21. The van der Waals surface area contributed by atoms with Crippen LogP contribution in [0.25, 0.3) is 0 Å². The van der Waals surface area contributed by atoms with Crippen LogP contribution in [0.2, 0.25) is 0 Å². The molecule has 18 heavy (non-hydrogen) atoms. The highest BCUT2D eigenvalue weighted by atomic mass is 16.5. The molecule has 0 atom stereocenters. The summed E-state index contributed by atoms with van der Waals surface area (Å²) in [5, 5.41) is 4.24. The lowest BCUT2D eigenvalue weighted by Gasteiger charge is -2.21. The van der Waals surface area contributed by atoms with Crippen LogP contribution in [0.4, 0.5) is 0 Å². The monoisotopic (exact) mass is 253 g/mol. The average molecular weight is 253 g/mol. The van der Waals surface area contributed by atoms with E-state index in [2.05, 4.69) is 32.8 Å². The third kappa shape index (κ3) is 5.08. The van der Waals surface area contributed by atoms with E-state index in [1.165, 1.54) is 0 Å². The van der Waals surface area contributed by atoms with Gasteiger partial charge in [-0.05, 0) is 45.1 Å². The molecule has 0 amide bonds. The van der Waals surface area contributed by atoms with E-state index in [0.29, 0.717) is 6.04 Å². The molecule has 4 nitrogen and oxygen atoms in total. The second kappa shape index (κ2) is 6.78. The number of aromatic nitrogens is 2. The second-order valence-corrected chi connectivity index (χ2v) is 5.92. The zero-order valence-electron chi connectivity index (χ0n) is 12.1. The van der Waals surface area contributed by atoms with Gasteiger partial charge in [0.05, 0.1) is 19.0 Å². The van der Waals surface area contributed by atoms with E-state index in [1.807, 2.05) is 10.9 Å². The van der Waals surface area contributed by atoms with Crippen molar-refractivity contribution in [3.05, 3.63) is 12.4 Å². The van der Waals surface area contributed by atoms with Crippen LogP contribution >= 0.6 is 0 Å². The molecule has 0 radical (unpaired) electrons. The predicted octanol–water partition coefficient (Wildman–Crippen LogP) is 3.00. The Balaban J connectivity index is 2.18. The van der Waals surface area contributed by atoms with Crippen LogP contribution in [-0.4, -0.2) is 22.9 Å². The highest BCUT2D eigenvalue weighted by molar-refractivity contribution is 5.11. The van der Waals surface area contributed by atoms with E-state index in [4.69, 9.17) is 10.5 Å². The molecule has 0 saturated heterocycles. The number of ether oxygens (including phenoxy) is 1. The zero-order chi connectivity index (χ0) is 13.6. The van der Waals surface area contributed by atoms with Gasteiger partial charge in [-0.1, -0.05) is 13.8 Å². The molecule has 4 heteroatoms. The number of nitrogens with two attached hydrogens (primary N) is 1. The Bertz CT molecular complexity index is 345. The van der Waals surface area contributed by atoms with Crippen molar-refractivity contribution in [3.8, 4) is 5.75 Å². The summed E-state index contributed by atoms with van der Waals surface area (Å²) in [6.07, 6.45) is 7.11. The van der Waals surface area contributed by atoms with Gasteiger partial charge in [0.25, 0.3) is 0 Å². The highest BCUT2D eigenvalue weighted by Gasteiger charge is 2.14. The van der Waals surface area contributed by atoms with Crippen LogP contribution < -0.4 is 10.5 Å². The third-order valence-electron chi connectivity index (χ3n) is 3.18. The molecule has 0 bridgehead atoms. The van der Waals surface area contributed by atoms with Gasteiger partial charge in [-0.2, -0.15) is 5.10 Å². The summed E-state index contributed by atoms with van der Waals surface area (Å²) in [5.41, 5.74) is 5.95. The zero-order valence-corrected chi connectivity index (χ0v) is 12.1. The Kier molecular flexibility index (Phi) is 5.66. The van der Waals surface area contributed by atoms with Gasteiger partial charge in [-0.15, -0.1) is 0 Å². The third-order valence-corrected chi connectivity index (χ3v) is 3.18. The number of rotatable bonds is 8. The van der Waals surface area contributed by atoms with Crippen molar-refractivity contribution in [1.82, 2.24) is 9.78 Å². The maximum Gasteiger partial charge on any atom is 0.157 e. The molecule has 1 heterocycles. The largest absolute Gasteiger partial charge is 0.490 e. The summed E-state index contributed by atoms with van der Waals surface area (Å²) in [6, 6.07) is 0.382. The molecule has 0 aliphatic heterocycles. The van der Waals surface area contributed by atoms with Crippen molar-refractivity contribution in [1.29, 1.82) is 0 Å². The molecule has 0 saturated carbocycles. The van der Waals surface area contributed by atoms with E-state index in [9.17, 15) is 0 Å². The number of hydrogen-bond donors (Lipinski definition) is 1. The van der Waals surface area contributed by atoms with Crippen molar-refractivity contribution in [2.75, 3.05) is 13.2 Å². The van der Waals surface area contributed by atoms with Gasteiger partial charge in [0.2, 0.25) is 0 Å². The molecule has 2 N–H and O–H groups in total. The molecule has 1 aromatic rings. The molecule has 1 rings (SSSR count). The van der Waals surface area contributed by atoms with Gasteiger partial charge in [0, 0.05) is 6.04 Å².